The van der Waals surface area contributed by atoms with Crippen molar-refractivity contribution in [3.05, 3.63) is 55.1 Å². The van der Waals surface area contributed by atoms with Crippen LogP contribution in [0.25, 0.3) is 28.0 Å². The zero-order valence-corrected chi connectivity index (χ0v) is 19.6. The smallest absolute Gasteiger partial charge is 0.347 e. The molecule has 10 nitrogen and oxygen atoms in total. The van der Waals surface area contributed by atoms with Gasteiger partial charge in [-0.05, 0) is 25.1 Å². The highest BCUT2D eigenvalue weighted by molar-refractivity contribution is 5.90. The molecule has 4 rings (SSSR count). The molecule has 3 aromatic heterocycles. The summed E-state index contributed by atoms with van der Waals surface area (Å²) < 4.78 is 40.1. The fraction of sp³-hybridized carbons (Fsp3) is 0.261. The molecule has 0 saturated heterocycles. The third-order valence-electron chi connectivity index (χ3n) is 5.36. The number of nitrogens with zero attached hydrogens (tertiary/aromatic N) is 6. The van der Waals surface area contributed by atoms with E-state index in [2.05, 4.69) is 20.5 Å². The van der Waals surface area contributed by atoms with Gasteiger partial charge in [0.25, 0.3) is 0 Å². The number of imidazole rings is 1. The average molecular weight is 500 g/mol. The van der Waals surface area contributed by atoms with E-state index in [1.165, 1.54) is 4.90 Å². The van der Waals surface area contributed by atoms with Crippen LogP contribution >= 0.6 is 0 Å². The number of anilines is 1. The minimum Gasteiger partial charge on any atom is -0.347 e. The fourth-order valence-electron chi connectivity index (χ4n) is 3.53. The maximum Gasteiger partial charge on any atom is 0.405 e. The Morgan fingerprint density at radius 1 is 1.06 bits per heavy atom. The lowest BCUT2D eigenvalue weighted by atomic mass is 10.1. The Bertz CT molecular complexity index is 1410. The molecule has 0 aliphatic carbocycles. The van der Waals surface area contributed by atoms with Crippen LogP contribution < -0.4 is 10.6 Å². The number of fused-ring (bicyclic) bond motifs is 1. The first-order valence-electron chi connectivity index (χ1n) is 10.8. The molecule has 3 heterocycles. The first-order valence-corrected chi connectivity index (χ1v) is 10.8. The van der Waals surface area contributed by atoms with E-state index in [4.69, 9.17) is 0 Å². The van der Waals surface area contributed by atoms with E-state index in [0.29, 0.717) is 22.6 Å². The summed E-state index contributed by atoms with van der Waals surface area (Å²) in [5.74, 6) is -0.0781. The summed E-state index contributed by atoms with van der Waals surface area (Å²) in [5.41, 5.74) is 3.66. The monoisotopic (exact) mass is 500 g/mol. The summed E-state index contributed by atoms with van der Waals surface area (Å²) in [6.45, 7) is 0.339. The van der Waals surface area contributed by atoms with Crippen molar-refractivity contribution < 1.29 is 22.8 Å². The van der Waals surface area contributed by atoms with Gasteiger partial charge in [0.05, 0.1) is 24.3 Å². The molecule has 4 aromatic rings. The van der Waals surface area contributed by atoms with Crippen molar-refractivity contribution >= 4 is 23.3 Å². The highest BCUT2D eigenvalue weighted by Gasteiger charge is 2.27. The van der Waals surface area contributed by atoms with E-state index in [0.717, 1.165) is 11.1 Å². The lowest BCUT2D eigenvalue weighted by molar-refractivity contribution is -0.132. The Labute approximate surface area is 203 Å². The standard InChI is InChI=1S/C23H23F3N8O2/c1-14(21(35)32(2)3)33-12-17(10-29-33)16-8-20-27-11-19(34(20)30-9-16)15-5-4-6-18(7-15)31-22(36)28-13-23(24,25)26/h4-12,14H,13H2,1-3H3,(H2,28,31,36). The van der Waals surface area contributed by atoms with Crippen LogP contribution in [-0.2, 0) is 4.79 Å². The molecule has 0 aliphatic rings. The van der Waals surface area contributed by atoms with Gasteiger partial charge in [0.15, 0.2) is 5.65 Å². The molecule has 0 bridgehead atoms. The number of urea groups is 1. The van der Waals surface area contributed by atoms with Gasteiger partial charge in [-0.25, -0.2) is 14.3 Å². The second-order valence-electron chi connectivity index (χ2n) is 8.28. The molecular weight excluding hydrogens is 477 g/mol. The average Bonchev–Trinajstić information content (AvgIpc) is 3.48. The highest BCUT2D eigenvalue weighted by Crippen LogP contribution is 2.26. The normalized spacial score (nSPS) is 12.4. The van der Waals surface area contributed by atoms with Gasteiger partial charge in [0, 0.05) is 42.7 Å². The Hall–Kier alpha value is -4.42. The van der Waals surface area contributed by atoms with Gasteiger partial charge in [0.1, 0.15) is 12.6 Å². The van der Waals surface area contributed by atoms with E-state index >= 15 is 0 Å². The second kappa shape index (κ2) is 9.68. The number of hydrogen-bond acceptors (Lipinski definition) is 5. The third-order valence-corrected chi connectivity index (χ3v) is 5.36. The molecule has 3 amide bonds. The Morgan fingerprint density at radius 3 is 2.53 bits per heavy atom. The molecule has 0 spiro atoms. The maximum absolute atomic E-state index is 12.3. The van der Waals surface area contributed by atoms with E-state index in [1.807, 2.05) is 6.07 Å². The summed E-state index contributed by atoms with van der Waals surface area (Å²) >= 11 is 0. The Balaban J connectivity index is 1.54. The number of carbonyl (C=O) groups is 2. The number of hydrogen-bond donors (Lipinski definition) is 2. The Morgan fingerprint density at radius 2 is 1.81 bits per heavy atom. The van der Waals surface area contributed by atoms with Crippen molar-refractivity contribution in [3.8, 4) is 22.4 Å². The summed E-state index contributed by atoms with van der Waals surface area (Å²) in [6, 6.07) is 7.00. The number of aromatic nitrogens is 5. The number of nitrogens with one attached hydrogen (secondary N) is 2. The summed E-state index contributed by atoms with van der Waals surface area (Å²) in [7, 11) is 3.37. The van der Waals surface area contributed by atoms with E-state index < -0.39 is 24.8 Å². The lowest BCUT2D eigenvalue weighted by Gasteiger charge is -2.16. The van der Waals surface area contributed by atoms with Gasteiger partial charge in [0.2, 0.25) is 5.91 Å². The van der Waals surface area contributed by atoms with E-state index in [-0.39, 0.29) is 5.91 Å². The molecule has 13 heteroatoms. The second-order valence-corrected chi connectivity index (χ2v) is 8.28. The molecule has 0 radical (unpaired) electrons. The Kier molecular flexibility index (Phi) is 6.64. The number of halogens is 3. The molecule has 0 fully saturated rings. The zero-order chi connectivity index (χ0) is 26.0. The lowest BCUT2D eigenvalue weighted by Crippen LogP contribution is -2.36. The largest absolute Gasteiger partial charge is 0.405 e. The minimum atomic E-state index is -4.50. The molecule has 0 saturated carbocycles. The fourth-order valence-corrected chi connectivity index (χ4v) is 3.53. The van der Waals surface area contributed by atoms with Crippen molar-refractivity contribution in [1.82, 2.24) is 34.6 Å². The van der Waals surface area contributed by atoms with Crippen LogP contribution in [0.4, 0.5) is 23.7 Å². The van der Waals surface area contributed by atoms with E-state index in [1.54, 1.807) is 84.6 Å². The number of rotatable bonds is 6. The highest BCUT2D eigenvalue weighted by atomic mass is 19.4. The van der Waals surface area contributed by atoms with Crippen LogP contribution in [0.5, 0.6) is 0 Å². The van der Waals surface area contributed by atoms with Crippen LogP contribution in [0.1, 0.15) is 13.0 Å². The van der Waals surface area contributed by atoms with Crippen LogP contribution in [0.2, 0.25) is 0 Å². The van der Waals surface area contributed by atoms with Gasteiger partial charge >= 0.3 is 12.2 Å². The molecule has 0 aliphatic heterocycles. The number of carbonyl (C=O) groups excluding carboxylic acids is 2. The molecule has 188 valence electrons. The first kappa shape index (κ1) is 24.7. The van der Waals surface area contributed by atoms with Crippen molar-refractivity contribution in [2.75, 3.05) is 26.0 Å². The summed E-state index contributed by atoms with van der Waals surface area (Å²) in [4.78, 5) is 29.9. The summed E-state index contributed by atoms with van der Waals surface area (Å²) in [6.07, 6.45) is 2.17. The van der Waals surface area contributed by atoms with Gasteiger partial charge in [-0.2, -0.15) is 23.4 Å². The molecule has 1 aromatic carbocycles. The van der Waals surface area contributed by atoms with Gasteiger partial charge < -0.3 is 15.5 Å². The SMILES string of the molecule is CC(C(=O)N(C)C)n1cc(-c2cnn3c(-c4cccc(NC(=O)NCC(F)(F)F)c4)cnc3c2)cn1. The molecule has 36 heavy (non-hydrogen) atoms. The van der Waals surface area contributed by atoms with Crippen molar-refractivity contribution in [3.63, 3.8) is 0 Å². The zero-order valence-electron chi connectivity index (χ0n) is 19.6. The number of benzene rings is 1. The minimum absolute atomic E-state index is 0.0781. The quantitative estimate of drug-likeness (QED) is 0.421. The third kappa shape index (κ3) is 5.45. The van der Waals surface area contributed by atoms with Crippen LogP contribution in [0.3, 0.4) is 0 Å². The number of likely N-dealkylation sites (N-methyl/N-ethyl adjacent to an activating group) is 1. The van der Waals surface area contributed by atoms with E-state index in [9.17, 15) is 22.8 Å². The first-order chi connectivity index (χ1) is 17.0. The maximum atomic E-state index is 12.3. The molecule has 1 atom stereocenters. The van der Waals surface area contributed by atoms with Crippen molar-refractivity contribution in [2.45, 2.75) is 19.1 Å². The molecule has 1 unspecified atom stereocenters. The number of alkyl halides is 3. The topological polar surface area (TPSA) is 109 Å². The predicted molar refractivity (Wildman–Crippen MR) is 126 cm³/mol. The number of amides is 3. The van der Waals surface area contributed by atoms with Gasteiger partial charge in [-0.3, -0.25) is 9.48 Å². The van der Waals surface area contributed by atoms with Gasteiger partial charge in [-0.15, -0.1) is 0 Å². The summed E-state index contributed by atoms with van der Waals surface area (Å²) in [5, 5.41) is 12.9. The van der Waals surface area contributed by atoms with Crippen molar-refractivity contribution in [2.24, 2.45) is 0 Å². The van der Waals surface area contributed by atoms with Crippen LogP contribution in [0, 0.1) is 0 Å². The van der Waals surface area contributed by atoms with Crippen LogP contribution in [-0.4, -0.2) is 68.0 Å². The van der Waals surface area contributed by atoms with Gasteiger partial charge in [-0.1, -0.05) is 12.1 Å². The molecule has 2 N–H and O–H groups in total. The predicted octanol–water partition coefficient (Wildman–Crippen LogP) is 3.59. The van der Waals surface area contributed by atoms with Crippen molar-refractivity contribution in [1.29, 1.82) is 0 Å². The van der Waals surface area contributed by atoms with Crippen LogP contribution in [0.15, 0.2) is 55.1 Å². The molecular formula is C23H23F3N8O2.